The van der Waals surface area contributed by atoms with Gasteiger partial charge in [-0.2, -0.15) is 0 Å². The van der Waals surface area contributed by atoms with E-state index in [1.54, 1.807) is 0 Å². The van der Waals surface area contributed by atoms with Crippen molar-refractivity contribution in [3.05, 3.63) is 18.1 Å². The summed E-state index contributed by atoms with van der Waals surface area (Å²) >= 11 is 0. The number of nitrogens with one attached hydrogen (secondary N) is 1. The Kier molecular flexibility index (Phi) is 3.03. The van der Waals surface area contributed by atoms with Gasteiger partial charge in [0.2, 0.25) is 0 Å². The quantitative estimate of drug-likeness (QED) is 0.790. The maximum Gasteiger partial charge on any atom is 0.358 e. The first kappa shape index (κ1) is 10.9. The van der Waals surface area contributed by atoms with Crippen LogP contribution in [0.4, 0.5) is 5.82 Å². The second-order valence-corrected chi connectivity index (χ2v) is 4.25. The predicted octanol–water partition coefficient (Wildman–Crippen LogP) is 1.63. The zero-order valence-electron chi connectivity index (χ0n) is 9.18. The van der Waals surface area contributed by atoms with E-state index in [1.165, 1.54) is 25.2 Å². The second-order valence-electron chi connectivity index (χ2n) is 4.25. The summed E-state index contributed by atoms with van der Waals surface area (Å²) in [6.07, 6.45) is 5.46. The lowest BCUT2D eigenvalue weighted by molar-refractivity contribution is 0.0691. The summed E-state index contributed by atoms with van der Waals surface area (Å²) in [6.45, 7) is 2.92. The Hall–Kier alpha value is -1.65. The predicted molar refractivity (Wildman–Crippen MR) is 59.4 cm³/mol. The summed E-state index contributed by atoms with van der Waals surface area (Å²) in [5.41, 5.74) is -0.00880. The molecule has 0 saturated heterocycles. The van der Waals surface area contributed by atoms with Crippen LogP contribution in [0, 0.1) is 11.8 Å². The maximum absolute atomic E-state index is 10.9. The minimum absolute atomic E-state index is 0.00880. The second kappa shape index (κ2) is 4.47. The van der Waals surface area contributed by atoms with Crippen LogP contribution in [0.5, 0.6) is 0 Å². The molecule has 5 heteroatoms. The number of carboxylic acids is 1. The molecule has 0 aliphatic heterocycles. The van der Waals surface area contributed by atoms with Crippen molar-refractivity contribution >= 4 is 11.8 Å². The summed E-state index contributed by atoms with van der Waals surface area (Å²) < 4.78 is 0. The summed E-state index contributed by atoms with van der Waals surface area (Å²) in [5.74, 6) is 0.665. The third kappa shape index (κ3) is 2.48. The van der Waals surface area contributed by atoms with Crippen molar-refractivity contribution in [3.8, 4) is 0 Å². The minimum Gasteiger partial charge on any atom is -0.476 e. The van der Waals surface area contributed by atoms with Gasteiger partial charge in [-0.05, 0) is 24.7 Å². The van der Waals surface area contributed by atoms with Crippen molar-refractivity contribution in [2.24, 2.45) is 11.8 Å². The molecule has 1 aliphatic carbocycles. The topological polar surface area (TPSA) is 75.1 Å². The van der Waals surface area contributed by atoms with Gasteiger partial charge in [-0.25, -0.2) is 14.8 Å². The van der Waals surface area contributed by atoms with Gasteiger partial charge < -0.3 is 10.4 Å². The van der Waals surface area contributed by atoms with Crippen LogP contribution in [-0.4, -0.2) is 27.6 Å². The van der Waals surface area contributed by atoms with Crippen LogP contribution in [0.1, 0.15) is 30.3 Å². The van der Waals surface area contributed by atoms with Crippen LogP contribution >= 0.6 is 0 Å². The van der Waals surface area contributed by atoms with Crippen molar-refractivity contribution in [3.63, 3.8) is 0 Å². The van der Waals surface area contributed by atoms with Gasteiger partial charge in [-0.15, -0.1) is 0 Å². The molecule has 0 spiro atoms. The van der Waals surface area contributed by atoms with Gasteiger partial charge in [-0.1, -0.05) is 6.92 Å². The zero-order valence-corrected chi connectivity index (χ0v) is 9.18. The van der Waals surface area contributed by atoms with Crippen molar-refractivity contribution in [2.75, 3.05) is 11.9 Å². The van der Waals surface area contributed by atoms with Crippen LogP contribution in [0.15, 0.2) is 12.4 Å². The van der Waals surface area contributed by atoms with Gasteiger partial charge in [0.15, 0.2) is 11.5 Å². The first-order valence-electron chi connectivity index (χ1n) is 5.46. The SMILES string of the molecule is CC(CNc1nccnc1C(=O)O)C1CC1. The van der Waals surface area contributed by atoms with E-state index in [-0.39, 0.29) is 5.69 Å². The highest BCUT2D eigenvalue weighted by Crippen LogP contribution is 2.36. The summed E-state index contributed by atoms with van der Waals surface area (Å²) in [5, 5.41) is 12.0. The Morgan fingerprint density at radius 3 is 2.88 bits per heavy atom. The van der Waals surface area contributed by atoms with Crippen LogP contribution in [0.3, 0.4) is 0 Å². The zero-order chi connectivity index (χ0) is 11.5. The number of aromatic nitrogens is 2. The third-order valence-electron chi connectivity index (χ3n) is 2.92. The summed E-state index contributed by atoms with van der Waals surface area (Å²) in [6, 6.07) is 0. The smallest absolute Gasteiger partial charge is 0.358 e. The van der Waals surface area contributed by atoms with Crippen LogP contribution in [-0.2, 0) is 0 Å². The number of anilines is 1. The first-order chi connectivity index (χ1) is 7.68. The molecule has 1 saturated carbocycles. The van der Waals surface area contributed by atoms with E-state index in [0.29, 0.717) is 11.7 Å². The van der Waals surface area contributed by atoms with Gasteiger partial charge in [0.05, 0.1) is 0 Å². The standard InChI is InChI=1S/C11H15N3O2/c1-7(8-2-3-8)6-14-10-9(11(15)16)12-4-5-13-10/h4-5,7-8H,2-3,6H2,1H3,(H,13,14)(H,15,16). The van der Waals surface area contributed by atoms with E-state index in [0.717, 1.165) is 12.5 Å². The Bertz CT molecular complexity index is 391. The van der Waals surface area contributed by atoms with Crippen LogP contribution in [0.2, 0.25) is 0 Å². The lowest BCUT2D eigenvalue weighted by Gasteiger charge is -2.12. The average Bonchev–Trinajstić information content (AvgIpc) is 3.10. The molecule has 0 amide bonds. The molecule has 1 aliphatic rings. The fourth-order valence-electron chi connectivity index (χ4n) is 1.71. The van der Waals surface area contributed by atoms with Crippen LogP contribution < -0.4 is 5.32 Å². The molecule has 2 rings (SSSR count). The number of hydrogen-bond acceptors (Lipinski definition) is 4. The van der Waals surface area contributed by atoms with Gasteiger partial charge in [0, 0.05) is 18.9 Å². The molecule has 2 N–H and O–H groups in total. The summed E-state index contributed by atoms with van der Waals surface area (Å²) in [7, 11) is 0. The fraction of sp³-hybridized carbons (Fsp3) is 0.545. The Morgan fingerprint density at radius 1 is 1.56 bits per heavy atom. The molecule has 0 radical (unpaired) electrons. The number of carbonyl (C=O) groups is 1. The highest BCUT2D eigenvalue weighted by atomic mass is 16.4. The third-order valence-corrected chi connectivity index (χ3v) is 2.92. The molecule has 1 fully saturated rings. The van der Waals surface area contributed by atoms with Gasteiger partial charge in [0.25, 0.3) is 0 Å². The van der Waals surface area contributed by atoms with Crippen LogP contribution in [0.25, 0.3) is 0 Å². The van der Waals surface area contributed by atoms with Crippen molar-refractivity contribution in [1.29, 1.82) is 0 Å². The van der Waals surface area contributed by atoms with Crippen molar-refractivity contribution in [1.82, 2.24) is 9.97 Å². The van der Waals surface area contributed by atoms with E-state index in [1.807, 2.05) is 0 Å². The molecule has 1 aromatic heterocycles. The minimum atomic E-state index is -1.05. The lowest BCUT2D eigenvalue weighted by atomic mass is 10.1. The van der Waals surface area contributed by atoms with E-state index >= 15 is 0 Å². The molecule has 1 heterocycles. The van der Waals surface area contributed by atoms with E-state index in [9.17, 15) is 4.79 Å². The van der Waals surface area contributed by atoms with Gasteiger partial charge >= 0.3 is 5.97 Å². The van der Waals surface area contributed by atoms with E-state index < -0.39 is 5.97 Å². The molecule has 0 aromatic carbocycles. The number of aromatic carboxylic acids is 1. The monoisotopic (exact) mass is 221 g/mol. The largest absolute Gasteiger partial charge is 0.476 e. The number of carboxylic acid groups (broad SMARTS) is 1. The molecule has 0 bridgehead atoms. The molecule has 1 aromatic rings. The normalized spacial score (nSPS) is 16.8. The molecular formula is C11H15N3O2. The molecule has 86 valence electrons. The number of nitrogens with zero attached hydrogens (tertiary/aromatic N) is 2. The highest BCUT2D eigenvalue weighted by molar-refractivity contribution is 5.90. The maximum atomic E-state index is 10.9. The Balaban J connectivity index is 1.99. The van der Waals surface area contributed by atoms with Gasteiger partial charge in [-0.3, -0.25) is 0 Å². The first-order valence-corrected chi connectivity index (χ1v) is 5.46. The van der Waals surface area contributed by atoms with Crippen molar-refractivity contribution in [2.45, 2.75) is 19.8 Å². The van der Waals surface area contributed by atoms with E-state index in [4.69, 9.17) is 5.11 Å². The lowest BCUT2D eigenvalue weighted by Crippen LogP contribution is -2.16. The molecule has 5 nitrogen and oxygen atoms in total. The summed E-state index contributed by atoms with van der Waals surface area (Å²) in [4.78, 5) is 18.7. The van der Waals surface area contributed by atoms with Gasteiger partial charge in [0.1, 0.15) is 0 Å². The molecule has 16 heavy (non-hydrogen) atoms. The highest BCUT2D eigenvalue weighted by Gasteiger charge is 2.27. The fourth-order valence-corrected chi connectivity index (χ4v) is 1.71. The molecule has 1 atom stereocenters. The Morgan fingerprint density at radius 2 is 2.25 bits per heavy atom. The average molecular weight is 221 g/mol. The number of rotatable bonds is 5. The van der Waals surface area contributed by atoms with E-state index in [2.05, 4.69) is 22.2 Å². The molecular weight excluding hydrogens is 206 g/mol. The number of hydrogen-bond donors (Lipinski definition) is 2. The van der Waals surface area contributed by atoms with Crippen molar-refractivity contribution < 1.29 is 9.90 Å². The molecule has 1 unspecified atom stereocenters. The Labute approximate surface area is 93.9 Å².